The molecule has 6 nitrogen and oxygen atoms in total. The molecule has 3 N–H and O–H groups in total. The molecule has 3 aromatic carbocycles. The van der Waals surface area contributed by atoms with E-state index in [2.05, 4.69) is 44.2 Å². The van der Waals surface area contributed by atoms with Crippen LogP contribution in [0.5, 0.6) is 0 Å². The Morgan fingerprint density at radius 2 is 1.58 bits per heavy atom. The molecule has 1 heterocycles. The number of carboxylic acids is 1. The lowest BCUT2D eigenvalue weighted by Gasteiger charge is -2.43. The van der Waals surface area contributed by atoms with E-state index < -0.39 is 23.5 Å². The zero-order valence-electron chi connectivity index (χ0n) is 20.7. The number of para-hydroxylation sites is 1. The average molecular weight is 485 g/mol. The van der Waals surface area contributed by atoms with Gasteiger partial charge in [0.1, 0.15) is 18.2 Å². The van der Waals surface area contributed by atoms with Gasteiger partial charge in [0.2, 0.25) is 0 Å². The smallest absolute Gasteiger partial charge is 0.328 e. The van der Waals surface area contributed by atoms with Gasteiger partial charge in [-0.05, 0) is 46.2 Å². The third-order valence-corrected chi connectivity index (χ3v) is 7.65. The van der Waals surface area contributed by atoms with Crippen LogP contribution in [-0.2, 0) is 14.3 Å². The van der Waals surface area contributed by atoms with Crippen molar-refractivity contribution in [2.24, 2.45) is 5.73 Å². The van der Waals surface area contributed by atoms with Crippen LogP contribution in [0.4, 0.5) is 5.69 Å². The molecule has 0 radical (unpaired) electrons. The Bertz CT molecular complexity index is 1260. The van der Waals surface area contributed by atoms with E-state index in [1.807, 2.05) is 47.4 Å². The maximum absolute atomic E-state index is 13.6. The van der Waals surface area contributed by atoms with Gasteiger partial charge in [0, 0.05) is 24.6 Å². The van der Waals surface area contributed by atoms with E-state index in [9.17, 15) is 14.7 Å². The van der Waals surface area contributed by atoms with Gasteiger partial charge >= 0.3 is 11.9 Å². The molecule has 2 unspecified atom stereocenters. The molecule has 0 bridgehead atoms. The average Bonchev–Trinajstić information content (AvgIpc) is 3.21. The molecule has 6 heteroatoms. The first kappa shape index (κ1) is 24.1. The summed E-state index contributed by atoms with van der Waals surface area (Å²) in [4.78, 5) is 27.6. The molecule has 2 atom stereocenters. The predicted molar refractivity (Wildman–Crippen MR) is 140 cm³/mol. The Balaban J connectivity index is 1.43. The molecule has 186 valence electrons. The van der Waals surface area contributed by atoms with Crippen molar-refractivity contribution in [1.29, 1.82) is 0 Å². The molecule has 5 rings (SSSR count). The molecule has 1 fully saturated rings. The van der Waals surface area contributed by atoms with E-state index in [0.29, 0.717) is 6.54 Å². The van der Waals surface area contributed by atoms with Crippen molar-refractivity contribution >= 4 is 17.6 Å². The second-order valence-electron chi connectivity index (χ2n) is 10.2. The zero-order valence-corrected chi connectivity index (χ0v) is 20.7. The molecule has 36 heavy (non-hydrogen) atoms. The summed E-state index contributed by atoms with van der Waals surface area (Å²) >= 11 is 0. The van der Waals surface area contributed by atoms with E-state index in [1.54, 1.807) is 0 Å². The van der Waals surface area contributed by atoms with Gasteiger partial charge in [-0.3, -0.25) is 4.79 Å². The van der Waals surface area contributed by atoms with Gasteiger partial charge in [0.25, 0.3) is 0 Å². The lowest BCUT2D eigenvalue weighted by molar-refractivity contribution is -0.149. The van der Waals surface area contributed by atoms with Crippen LogP contribution in [0, 0.1) is 0 Å². The van der Waals surface area contributed by atoms with Crippen molar-refractivity contribution < 1.29 is 19.4 Å². The first-order chi connectivity index (χ1) is 17.3. The van der Waals surface area contributed by atoms with Gasteiger partial charge in [-0.1, -0.05) is 80.6 Å². The van der Waals surface area contributed by atoms with Crippen LogP contribution in [0.2, 0.25) is 0 Å². The van der Waals surface area contributed by atoms with E-state index in [1.165, 1.54) is 0 Å². The molecular formula is C30H32N2O4. The summed E-state index contributed by atoms with van der Waals surface area (Å²) in [5, 5.41) is 9.82. The van der Waals surface area contributed by atoms with Crippen LogP contribution in [-0.4, -0.2) is 41.8 Å². The maximum atomic E-state index is 13.6. The third-order valence-electron chi connectivity index (χ3n) is 7.65. The number of ether oxygens (including phenoxy) is 1. The molecule has 3 aromatic rings. The van der Waals surface area contributed by atoms with Gasteiger partial charge in [-0.15, -0.1) is 0 Å². The van der Waals surface area contributed by atoms with Crippen molar-refractivity contribution in [3.05, 3.63) is 89.5 Å². The summed E-state index contributed by atoms with van der Waals surface area (Å²) in [6, 6.07) is 23.6. The molecule has 0 amide bonds. The number of anilines is 1. The van der Waals surface area contributed by atoms with Crippen molar-refractivity contribution in [3.8, 4) is 11.1 Å². The van der Waals surface area contributed by atoms with Crippen LogP contribution in [0.3, 0.4) is 0 Å². The van der Waals surface area contributed by atoms with Crippen molar-refractivity contribution in [2.75, 3.05) is 18.1 Å². The van der Waals surface area contributed by atoms with Gasteiger partial charge < -0.3 is 20.5 Å². The lowest BCUT2D eigenvalue weighted by atomic mass is 9.83. The summed E-state index contributed by atoms with van der Waals surface area (Å²) in [5.74, 6) is -1.35. The normalized spacial score (nSPS) is 21.2. The molecule has 1 aliphatic carbocycles. The molecule has 0 saturated carbocycles. The maximum Gasteiger partial charge on any atom is 0.328 e. The minimum absolute atomic E-state index is 0.00850. The third kappa shape index (κ3) is 4.16. The quantitative estimate of drug-likeness (QED) is 0.483. The number of fused-ring (bicyclic) bond motifs is 3. The monoisotopic (exact) mass is 484 g/mol. The number of carbonyl (C=O) groups excluding carboxylic acids is 1. The Morgan fingerprint density at radius 1 is 1.00 bits per heavy atom. The Hall–Kier alpha value is -3.64. The molecule has 0 spiro atoms. The number of aliphatic carboxylic acids is 1. The number of nitrogens with two attached hydrogens (primary N) is 1. The second-order valence-corrected chi connectivity index (χ2v) is 10.2. The van der Waals surface area contributed by atoms with Crippen molar-refractivity contribution in [3.63, 3.8) is 0 Å². The fourth-order valence-electron chi connectivity index (χ4n) is 5.66. The van der Waals surface area contributed by atoms with E-state index in [4.69, 9.17) is 10.5 Å². The second kappa shape index (κ2) is 9.43. The van der Waals surface area contributed by atoms with Crippen molar-refractivity contribution in [1.82, 2.24) is 0 Å². The minimum Gasteiger partial charge on any atom is -0.480 e. The first-order valence-corrected chi connectivity index (χ1v) is 12.5. The number of nitrogens with zero attached hydrogens (tertiary/aromatic N) is 1. The number of piperidine rings is 1. The van der Waals surface area contributed by atoms with Gasteiger partial charge in [0.05, 0.1) is 0 Å². The van der Waals surface area contributed by atoms with Crippen molar-refractivity contribution in [2.45, 2.75) is 50.1 Å². The standard InChI is InChI=1S/C30H32N2O4/c1-19(2)20-9-7-8-14-26(20)32-16-15-30(31,29(34)35)17-27(32)28(33)36-18-25-23-12-5-3-10-21(23)22-11-4-6-13-24(22)25/h3-14,19,25,27H,15-18,31H2,1-2H3,(H,34,35). The molecule has 2 aliphatic rings. The minimum atomic E-state index is -1.47. The van der Waals surface area contributed by atoms with Crippen LogP contribution in [0.15, 0.2) is 72.8 Å². The fourth-order valence-corrected chi connectivity index (χ4v) is 5.66. The summed E-state index contributed by atoms with van der Waals surface area (Å²) in [6.45, 7) is 4.76. The number of rotatable bonds is 6. The number of hydrogen-bond acceptors (Lipinski definition) is 5. The highest BCUT2D eigenvalue weighted by Gasteiger charge is 2.46. The summed E-state index contributed by atoms with van der Waals surface area (Å²) in [6.07, 6.45) is 0.243. The number of carbonyl (C=O) groups is 2. The Labute approximate surface area is 211 Å². The fraction of sp³-hybridized carbons (Fsp3) is 0.333. The Kier molecular flexibility index (Phi) is 6.31. The summed E-state index contributed by atoms with van der Waals surface area (Å²) < 4.78 is 5.98. The molecule has 0 aromatic heterocycles. The highest BCUT2D eigenvalue weighted by atomic mass is 16.5. The van der Waals surface area contributed by atoms with Crippen LogP contribution in [0.1, 0.15) is 55.2 Å². The van der Waals surface area contributed by atoms with Crippen LogP contribution >= 0.6 is 0 Å². The van der Waals surface area contributed by atoms with Gasteiger partial charge in [0.15, 0.2) is 0 Å². The lowest BCUT2D eigenvalue weighted by Crippen LogP contribution is -2.61. The Morgan fingerprint density at radius 3 is 2.19 bits per heavy atom. The number of carboxylic acid groups (broad SMARTS) is 1. The number of esters is 1. The van der Waals surface area contributed by atoms with Crippen LogP contribution in [0.25, 0.3) is 11.1 Å². The largest absolute Gasteiger partial charge is 0.480 e. The van der Waals surface area contributed by atoms with E-state index in [-0.39, 0.29) is 31.3 Å². The van der Waals surface area contributed by atoms with Crippen LogP contribution < -0.4 is 10.6 Å². The SMILES string of the molecule is CC(C)c1ccccc1N1CCC(N)(C(=O)O)CC1C(=O)OCC1c2ccccc2-c2ccccc21. The summed E-state index contributed by atoms with van der Waals surface area (Å²) in [7, 11) is 0. The van der Waals surface area contributed by atoms with Gasteiger partial charge in [-0.25, -0.2) is 4.79 Å². The predicted octanol–water partition coefficient (Wildman–Crippen LogP) is 4.92. The molecule has 1 saturated heterocycles. The highest BCUT2D eigenvalue weighted by molar-refractivity contribution is 5.86. The zero-order chi connectivity index (χ0) is 25.4. The number of benzene rings is 3. The number of hydrogen-bond donors (Lipinski definition) is 2. The molecular weight excluding hydrogens is 452 g/mol. The molecule has 1 aliphatic heterocycles. The highest BCUT2D eigenvalue weighted by Crippen LogP contribution is 2.44. The van der Waals surface area contributed by atoms with E-state index in [0.717, 1.165) is 33.5 Å². The van der Waals surface area contributed by atoms with E-state index >= 15 is 0 Å². The topological polar surface area (TPSA) is 92.9 Å². The first-order valence-electron chi connectivity index (χ1n) is 12.5. The van der Waals surface area contributed by atoms with Gasteiger partial charge in [-0.2, -0.15) is 0 Å². The summed E-state index contributed by atoms with van der Waals surface area (Å²) in [5.41, 5.74) is 11.4.